The zero-order valence-corrected chi connectivity index (χ0v) is 13.9. The molecule has 1 aliphatic rings. The summed E-state index contributed by atoms with van der Waals surface area (Å²) in [5.41, 5.74) is 1.27. The Labute approximate surface area is 145 Å². The fourth-order valence-electron chi connectivity index (χ4n) is 2.47. The number of carbonyl (C=O) groups excluding carboxylic acids is 1. The van der Waals surface area contributed by atoms with E-state index in [9.17, 15) is 4.79 Å². The lowest BCUT2D eigenvalue weighted by molar-refractivity contribution is 0.0682. The monoisotopic (exact) mass is 346 g/mol. The fourth-order valence-corrected chi connectivity index (χ4v) is 2.60. The molecule has 2 amide bonds. The summed E-state index contributed by atoms with van der Waals surface area (Å²) in [7, 11) is 0. The molecule has 0 saturated carbocycles. The van der Waals surface area contributed by atoms with E-state index in [0.29, 0.717) is 28.8 Å². The topological polar surface area (TPSA) is 59.6 Å². The molecule has 0 spiro atoms. The summed E-state index contributed by atoms with van der Waals surface area (Å²) in [5, 5.41) is 6.17. The van der Waals surface area contributed by atoms with E-state index in [1.54, 1.807) is 30.3 Å². The van der Waals surface area contributed by atoms with Gasteiger partial charge >= 0.3 is 6.03 Å². The van der Waals surface area contributed by atoms with E-state index in [-0.39, 0.29) is 12.1 Å². The number of benzene rings is 2. The number of anilines is 2. The van der Waals surface area contributed by atoms with Crippen molar-refractivity contribution in [3.63, 3.8) is 0 Å². The third-order valence-electron chi connectivity index (χ3n) is 3.69. The van der Waals surface area contributed by atoms with Crippen molar-refractivity contribution in [2.24, 2.45) is 0 Å². The van der Waals surface area contributed by atoms with Gasteiger partial charge in [0.1, 0.15) is 12.4 Å². The Kier molecular flexibility index (Phi) is 5.56. The molecule has 1 heterocycles. The second-order valence-corrected chi connectivity index (χ2v) is 5.96. The van der Waals surface area contributed by atoms with Crippen molar-refractivity contribution in [3.8, 4) is 5.75 Å². The van der Waals surface area contributed by atoms with E-state index >= 15 is 0 Å². The number of rotatable bonds is 5. The third kappa shape index (κ3) is 4.63. The first kappa shape index (κ1) is 16.6. The van der Waals surface area contributed by atoms with Gasteiger partial charge in [-0.2, -0.15) is 0 Å². The van der Waals surface area contributed by atoms with Crippen LogP contribution in [0.2, 0.25) is 5.02 Å². The van der Waals surface area contributed by atoms with Gasteiger partial charge in [0.15, 0.2) is 0 Å². The van der Waals surface area contributed by atoms with Crippen LogP contribution in [0.1, 0.15) is 12.8 Å². The summed E-state index contributed by atoms with van der Waals surface area (Å²) in [6.45, 7) is 1.27. The van der Waals surface area contributed by atoms with Gasteiger partial charge in [-0.25, -0.2) is 4.79 Å². The SMILES string of the molecule is O=C(Nc1ccc(Cl)cc1)Nc1ccccc1OC[C@H]1CCCO1. The summed E-state index contributed by atoms with van der Waals surface area (Å²) in [6, 6.07) is 13.9. The molecule has 1 atom stereocenters. The highest BCUT2D eigenvalue weighted by Crippen LogP contribution is 2.25. The lowest BCUT2D eigenvalue weighted by Gasteiger charge is -2.15. The lowest BCUT2D eigenvalue weighted by atomic mass is 10.2. The van der Waals surface area contributed by atoms with Crippen LogP contribution < -0.4 is 15.4 Å². The summed E-state index contributed by atoms with van der Waals surface area (Å²) < 4.78 is 11.4. The van der Waals surface area contributed by atoms with Gasteiger partial charge in [-0.05, 0) is 49.2 Å². The average Bonchev–Trinajstić information content (AvgIpc) is 3.10. The second kappa shape index (κ2) is 8.04. The molecule has 0 aromatic heterocycles. The molecule has 2 aromatic carbocycles. The number of nitrogens with one attached hydrogen (secondary N) is 2. The van der Waals surface area contributed by atoms with E-state index in [1.807, 2.05) is 18.2 Å². The van der Waals surface area contributed by atoms with Crippen LogP contribution in [0.4, 0.5) is 16.2 Å². The molecule has 0 bridgehead atoms. The van der Waals surface area contributed by atoms with Crippen LogP contribution in [-0.4, -0.2) is 25.3 Å². The number of para-hydroxylation sites is 2. The van der Waals surface area contributed by atoms with Crippen LogP contribution in [-0.2, 0) is 4.74 Å². The smallest absolute Gasteiger partial charge is 0.323 e. The molecule has 1 saturated heterocycles. The van der Waals surface area contributed by atoms with Crippen LogP contribution in [0.25, 0.3) is 0 Å². The number of hydrogen-bond donors (Lipinski definition) is 2. The third-order valence-corrected chi connectivity index (χ3v) is 3.94. The van der Waals surface area contributed by atoms with Gasteiger partial charge in [-0.15, -0.1) is 0 Å². The van der Waals surface area contributed by atoms with Gasteiger partial charge in [0.25, 0.3) is 0 Å². The Bertz CT molecular complexity index is 685. The van der Waals surface area contributed by atoms with Crippen molar-refractivity contribution in [2.75, 3.05) is 23.8 Å². The van der Waals surface area contributed by atoms with Crippen LogP contribution in [0, 0.1) is 0 Å². The summed E-state index contributed by atoms with van der Waals surface area (Å²) in [5.74, 6) is 0.624. The molecule has 0 aliphatic carbocycles. The first-order valence-electron chi connectivity index (χ1n) is 7.88. The number of amides is 2. The standard InChI is InChI=1S/C18H19ClN2O3/c19-13-7-9-14(10-8-13)20-18(22)21-16-5-1-2-6-17(16)24-12-15-4-3-11-23-15/h1-2,5-10,15H,3-4,11-12H2,(H2,20,21,22)/t15-/m1/s1. The molecule has 5 nitrogen and oxygen atoms in total. The number of hydrogen-bond acceptors (Lipinski definition) is 3. The van der Waals surface area contributed by atoms with Crippen molar-refractivity contribution in [1.29, 1.82) is 0 Å². The molecule has 1 fully saturated rings. The zero-order chi connectivity index (χ0) is 16.8. The molecule has 2 aromatic rings. The van der Waals surface area contributed by atoms with Crippen molar-refractivity contribution < 1.29 is 14.3 Å². The van der Waals surface area contributed by atoms with E-state index < -0.39 is 0 Å². The van der Waals surface area contributed by atoms with Gasteiger partial charge in [-0.3, -0.25) is 0 Å². The van der Waals surface area contributed by atoms with Crippen LogP contribution >= 0.6 is 11.6 Å². The quantitative estimate of drug-likeness (QED) is 0.835. The largest absolute Gasteiger partial charge is 0.489 e. The number of carbonyl (C=O) groups is 1. The molecular weight excluding hydrogens is 328 g/mol. The lowest BCUT2D eigenvalue weighted by Crippen LogP contribution is -2.21. The molecule has 3 rings (SSSR count). The number of halogens is 1. The van der Waals surface area contributed by atoms with Crippen molar-refractivity contribution in [2.45, 2.75) is 18.9 Å². The summed E-state index contributed by atoms with van der Waals surface area (Å²) >= 11 is 5.83. The van der Waals surface area contributed by atoms with Gasteiger partial charge in [0, 0.05) is 17.3 Å². The van der Waals surface area contributed by atoms with E-state index in [2.05, 4.69) is 10.6 Å². The maximum absolute atomic E-state index is 12.1. The van der Waals surface area contributed by atoms with E-state index in [4.69, 9.17) is 21.1 Å². The molecule has 1 aliphatic heterocycles. The minimum absolute atomic E-state index is 0.126. The normalized spacial score (nSPS) is 16.6. The van der Waals surface area contributed by atoms with Gasteiger partial charge in [0.2, 0.25) is 0 Å². The van der Waals surface area contributed by atoms with Gasteiger partial charge in [-0.1, -0.05) is 23.7 Å². The second-order valence-electron chi connectivity index (χ2n) is 5.53. The molecular formula is C18H19ClN2O3. The Morgan fingerprint density at radius 2 is 1.96 bits per heavy atom. The maximum atomic E-state index is 12.1. The minimum Gasteiger partial charge on any atom is -0.489 e. The van der Waals surface area contributed by atoms with Gasteiger partial charge in [0.05, 0.1) is 11.8 Å². The Morgan fingerprint density at radius 1 is 1.17 bits per heavy atom. The Balaban J connectivity index is 1.59. The molecule has 0 radical (unpaired) electrons. The number of urea groups is 1. The molecule has 2 N–H and O–H groups in total. The first-order chi connectivity index (χ1) is 11.7. The van der Waals surface area contributed by atoms with Crippen LogP contribution in [0.3, 0.4) is 0 Å². The Hall–Kier alpha value is -2.24. The van der Waals surface area contributed by atoms with Gasteiger partial charge < -0.3 is 20.1 Å². The zero-order valence-electron chi connectivity index (χ0n) is 13.1. The molecule has 24 heavy (non-hydrogen) atoms. The maximum Gasteiger partial charge on any atom is 0.323 e. The molecule has 0 unspecified atom stereocenters. The van der Waals surface area contributed by atoms with Crippen LogP contribution in [0.5, 0.6) is 5.75 Å². The summed E-state index contributed by atoms with van der Waals surface area (Å²) in [6.07, 6.45) is 2.20. The highest BCUT2D eigenvalue weighted by atomic mass is 35.5. The van der Waals surface area contributed by atoms with Crippen LogP contribution in [0.15, 0.2) is 48.5 Å². The van der Waals surface area contributed by atoms with E-state index in [1.165, 1.54) is 0 Å². The minimum atomic E-state index is -0.342. The molecule has 126 valence electrons. The average molecular weight is 347 g/mol. The van der Waals surface area contributed by atoms with E-state index in [0.717, 1.165) is 19.4 Å². The molecule has 6 heteroatoms. The number of ether oxygens (including phenoxy) is 2. The predicted octanol–water partition coefficient (Wildman–Crippen LogP) is 4.54. The first-order valence-corrected chi connectivity index (χ1v) is 8.25. The predicted molar refractivity (Wildman–Crippen MR) is 95.0 cm³/mol. The van der Waals surface area contributed by atoms with Crippen molar-refractivity contribution >= 4 is 29.0 Å². The highest BCUT2D eigenvalue weighted by molar-refractivity contribution is 6.30. The fraction of sp³-hybridized carbons (Fsp3) is 0.278. The Morgan fingerprint density at radius 3 is 2.71 bits per heavy atom. The van der Waals surface area contributed by atoms with Crippen molar-refractivity contribution in [3.05, 3.63) is 53.6 Å². The summed E-state index contributed by atoms with van der Waals surface area (Å²) in [4.78, 5) is 12.1. The highest BCUT2D eigenvalue weighted by Gasteiger charge is 2.17. The van der Waals surface area contributed by atoms with Crippen molar-refractivity contribution in [1.82, 2.24) is 0 Å².